The van der Waals surface area contributed by atoms with Crippen molar-refractivity contribution in [3.8, 4) is 5.75 Å². The van der Waals surface area contributed by atoms with E-state index < -0.39 is 11.8 Å². The van der Waals surface area contributed by atoms with Crippen LogP contribution in [0.25, 0.3) is 0 Å². The van der Waals surface area contributed by atoms with Gasteiger partial charge in [0.15, 0.2) is 0 Å². The molecule has 2 heterocycles. The Morgan fingerprint density at radius 3 is 2.39 bits per heavy atom. The standard InChI is InChI=1S/C23H17Cl2N3O5/c24-14-5-6-19(26-11-14)27-22(31)17-9-15(25)10-18(29)20(17)28-21(30)13-3-1-12(2-4-13)16-7-8-33-23(16)32/h1-6,9-11,16,29H,7-8H2,(H,28,30)(H,26,27,31). The fourth-order valence-corrected chi connectivity index (χ4v) is 3.71. The van der Waals surface area contributed by atoms with Crippen LogP contribution in [-0.4, -0.2) is 34.5 Å². The molecule has 1 aromatic heterocycles. The van der Waals surface area contributed by atoms with Crippen molar-refractivity contribution in [3.63, 3.8) is 0 Å². The van der Waals surface area contributed by atoms with Gasteiger partial charge < -0.3 is 20.5 Å². The minimum absolute atomic E-state index is 0.0598. The second kappa shape index (κ2) is 9.48. The van der Waals surface area contributed by atoms with Gasteiger partial charge in [0.25, 0.3) is 11.8 Å². The van der Waals surface area contributed by atoms with Crippen molar-refractivity contribution in [2.24, 2.45) is 0 Å². The van der Waals surface area contributed by atoms with Gasteiger partial charge in [0, 0.05) is 22.8 Å². The van der Waals surface area contributed by atoms with Gasteiger partial charge in [0.1, 0.15) is 11.6 Å². The van der Waals surface area contributed by atoms with E-state index in [9.17, 15) is 19.5 Å². The second-order valence-corrected chi connectivity index (χ2v) is 8.12. The van der Waals surface area contributed by atoms with Crippen LogP contribution in [0.3, 0.4) is 0 Å². The number of carbonyl (C=O) groups is 3. The molecular formula is C23H17Cl2N3O5. The van der Waals surface area contributed by atoms with Crippen LogP contribution in [0, 0.1) is 0 Å². The van der Waals surface area contributed by atoms with Gasteiger partial charge in [0.05, 0.1) is 28.8 Å². The molecule has 1 unspecified atom stereocenters. The number of nitrogens with zero attached hydrogens (tertiary/aromatic N) is 1. The van der Waals surface area contributed by atoms with Crippen LogP contribution >= 0.6 is 23.2 Å². The number of hydrogen-bond acceptors (Lipinski definition) is 6. The minimum atomic E-state index is -0.645. The molecule has 2 amide bonds. The zero-order valence-electron chi connectivity index (χ0n) is 17.0. The summed E-state index contributed by atoms with van der Waals surface area (Å²) in [6, 6.07) is 12.0. The van der Waals surface area contributed by atoms with Crippen molar-refractivity contribution < 1.29 is 24.2 Å². The third kappa shape index (κ3) is 5.08. The van der Waals surface area contributed by atoms with Crippen molar-refractivity contribution in [2.45, 2.75) is 12.3 Å². The third-order valence-electron chi connectivity index (χ3n) is 5.05. The molecule has 0 saturated carbocycles. The summed E-state index contributed by atoms with van der Waals surface area (Å²) >= 11 is 11.8. The van der Waals surface area contributed by atoms with E-state index in [1.54, 1.807) is 30.3 Å². The fourth-order valence-electron chi connectivity index (χ4n) is 3.39. The Bertz CT molecular complexity index is 1230. The quantitative estimate of drug-likeness (QED) is 0.358. The summed E-state index contributed by atoms with van der Waals surface area (Å²) in [5, 5.41) is 16.0. The molecule has 1 atom stereocenters. The molecule has 0 spiro atoms. The zero-order chi connectivity index (χ0) is 23.5. The van der Waals surface area contributed by atoms with E-state index in [0.29, 0.717) is 18.1 Å². The first-order valence-corrected chi connectivity index (χ1v) is 10.6. The molecule has 0 bridgehead atoms. The van der Waals surface area contributed by atoms with E-state index in [4.69, 9.17) is 27.9 Å². The molecule has 2 aromatic carbocycles. The van der Waals surface area contributed by atoms with E-state index in [1.165, 1.54) is 24.4 Å². The maximum absolute atomic E-state index is 12.8. The highest BCUT2D eigenvalue weighted by Crippen LogP contribution is 2.33. The summed E-state index contributed by atoms with van der Waals surface area (Å²) in [5.41, 5.74) is 0.846. The molecular weight excluding hydrogens is 469 g/mol. The first-order valence-electron chi connectivity index (χ1n) is 9.85. The molecule has 10 heteroatoms. The van der Waals surface area contributed by atoms with Gasteiger partial charge in [0.2, 0.25) is 0 Å². The monoisotopic (exact) mass is 485 g/mol. The average Bonchev–Trinajstić information content (AvgIpc) is 3.22. The number of cyclic esters (lactones) is 1. The number of aromatic nitrogens is 1. The van der Waals surface area contributed by atoms with Gasteiger partial charge in [-0.1, -0.05) is 35.3 Å². The van der Waals surface area contributed by atoms with Crippen LogP contribution in [0.2, 0.25) is 10.0 Å². The number of anilines is 2. The molecule has 1 fully saturated rings. The summed E-state index contributed by atoms with van der Waals surface area (Å²) in [6.45, 7) is 0.373. The zero-order valence-corrected chi connectivity index (χ0v) is 18.5. The van der Waals surface area contributed by atoms with Crippen molar-refractivity contribution in [1.29, 1.82) is 0 Å². The smallest absolute Gasteiger partial charge is 0.313 e. The van der Waals surface area contributed by atoms with Crippen LogP contribution in [0.5, 0.6) is 5.75 Å². The molecule has 1 aliphatic rings. The van der Waals surface area contributed by atoms with Gasteiger partial charge in [-0.05, 0) is 42.3 Å². The minimum Gasteiger partial charge on any atom is -0.506 e. The highest BCUT2D eigenvalue weighted by Gasteiger charge is 2.28. The first kappa shape index (κ1) is 22.6. The molecule has 8 nitrogen and oxygen atoms in total. The van der Waals surface area contributed by atoms with Gasteiger partial charge in [-0.15, -0.1) is 0 Å². The Labute approximate surface area is 198 Å². The van der Waals surface area contributed by atoms with Crippen molar-refractivity contribution in [1.82, 2.24) is 4.98 Å². The van der Waals surface area contributed by atoms with Gasteiger partial charge in [-0.25, -0.2) is 4.98 Å². The third-order valence-corrected chi connectivity index (χ3v) is 5.49. The number of halogens is 2. The van der Waals surface area contributed by atoms with Crippen molar-refractivity contribution in [2.75, 3.05) is 17.2 Å². The Morgan fingerprint density at radius 2 is 1.76 bits per heavy atom. The highest BCUT2D eigenvalue weighted by molar-refractivity contribution is 6.32. The van der Waals surface area contributed by atoms with E-state index in [1.807, 2.05) is 0 Å². The molecule has 0 radical (unpaired) electrons. The van der Waals surface area contributed by atoms with Crippen LogP contribution in [0.15, 0.2) is 54.7 Å². The summed E-state index contributed by atoms with van der Waals surface area (Å²) < 4.78 is 4.98. The number of rotatable bonds is 5. The highest BCUT2D eigenvalue weighted by atomic mass is 35.5. The van der Waals surface area contributed by atoms with E-state index >= 15 is 0 Å². The predicted molar refractivity (Wildman–Crippen MR) is 123 cm³/mol. The van der Waals surface area contributed by atoms with Crippen LogP contribution in [0.1, 0.15) is 38.6 Å². The maximum atomic E-state index is 12.8. The van der Waals surface area contributed by atoms with E-state index in [-0.39, 0.29) is 45.3 Å². The van der Waals surface area contributed by atoms with Gasteiger partial charge in [-0.2, -0.15) is 0 Å². The Kier molecular flexibility index (Phi) is 6.48. The number of amides is 2. The molecule has 33 heavy (non-hydrogen) atoms. The molecule has 0 aliphatic carbocycles. The van der Waals surface area contributed by atoms with E-state index in [2.05, 4.69) is 15.6 Å². The topological polar surface area (TPSA) is 118 Å². The lowest BCUT2D eigenvalue weighted by Crippen LogP contribution is -2.19. The molecule has 168 valence electrons. The lowest BCUT2D eigenvalue weighted by molar-refractivity contribution is -0.139. The molecule has 1 aliphatic heterocycles. The second-order valence-electron chi connectivity index (χ2n) is 7.25. The summed E-state index contributed by atoms with van der Waals surface area (Å²) in [7, 11) is 0. The number of esters is 1. The Balaban J connectivity index is 1.56. The summed E-state index contributed by atoms with van der Waals surface area (Å²) in [5.74, 6) is -2.00. The summed E-state index contributed by atoms with van der Waals surface area (Å²) in [4.78, 5) is 41.4. The number of pyridine rings is 1. The SMILES string of the molecule is O=C(Nc1c(O)cc(Cl)cc1C(=O)Nc1ccc(Cl)cn1)c1ccc(C2CCOC2=O)cc1. The largest absolute Gasteiger partial charge is 0.506 e. The number of carbonyl (C=O) groups excluding carboxylic acids is 3. The number of benzene rings is 2. The number of ether oxygens (including phenoxy) is 1. The van der Waals surface area contributed by atoms with Crippen LogP contribution in [-0.2, 0) is 9.53 Å². The van der Waals surface area contributed by atoms with Crippen LogP contribution < -0.4 is 10.6 Å². The normalized spacial score (nSPS) is 15.1. The fraction of sp³-hybridized carbons (Fsp3) is 0.130. The predicted octanol–water partition coefficient (Wildman–Crippen LogP) is 4.63. The number of nitrogens with one attached hydrogen (secondary N) is 2. The lowest BCUT2D eigenvalue weighted by Gasteiger charge is -2.14. The number of phenols is 1. The average molecular weight is 486 g/mol. The number of aromatic hydroxyl groups is 1. The number of phenolic OH excluding ortho intramolecular Hbond substituents is 1. The maximum Gasteiger partial charge on any atom is 0.313 e. The number of hydrogen-bond donors (Lipinski definition) is 3. The van der Waals surface area contributed by atoms with Crippen molar-refractivity contribution >= 4 is 52.5 Å². The Morgan fingerprint density at radius 1 is 1.00 bits per heavy atom. The molecule has 4 rings (SSSR count). The van der Waals surface area contributed by atoms with Gasteiger partial charge >= 0.3 is 5.97 Å². The molecule has 3 aromatic rings. The van der Waals surface area contributed by atoms with Crippen molar-refractivity contribution in [3.05, 3.63) is 81.5 Å². The Hall–Kier alpha value is -3.62. The first-order chi connectivity index (χ1) is 15.8. The lowest BCUT2D eigenvalue weighted by atomic mass is 9.97. The molecule has 3 N–H and O–H groups in total. The summed E-state index contributed by atoms with van der Waals surface area (Å²) in [6.07, 6.45) is 1.95. The van der Waals surface area contributed by atoms with Crippen LogP contribution in [0.4, 0.5) is 11.5 Å². The van der Waals surface area contributed by atoms with Gasteiger partial charge in [-0.3, -0.25) is 14.4 Å². The molecule has 1 saturated heterocycles. The van der Waals surface area contributed by atoms with E-state index in [0.717, 1.165) is 5.56 Å².